The molecule has 22 heavy (non-hydrogen) atoms. The molecule has 0 N–H and O–H groups in total. The van der Waals surface area contributed by atoms with Gasteiger partial charge in [0.2, 0.25) is 0 Å². The van der Waals surface area contributed by atoms with Crippen LogP contribution in [0.3, 0.4) is 0 Å². The first-order chi connectivity index (χ1) is 10.4. The summed E-state index contributed by atoms with van der Waals surface area (Å²) in [6.07, 6.45) is 3.56. The first kappa shape index (κ1) is 18.2. The van der Waals surface area contributed by atoms with E-state index in [1.54, 1.807) is 12.8 Å². The minimum absolute atomic E-state index is 0.523. The molecule has 0 aromatic heterocycles. The average molecular weight is 302 g/mol. The van der Waals surface area contributed by atoms with Gasteiger partial charge >= 0.3 is 11.9 Å². The second-order valence-corrected chi connectivity index (χ2v) is 5.28. The van der Waals surface area contributed by atoms with Crippen LogP contribution in [0.15, 0.2) is 30.3 Å². The number of carbonyl (C=O) groups excluding carboxylic acids is 2. The highest BCUT2D eigenvalue weighted by Crippen LogP contribution is 2.41. The van der Waals surface area contributed by atoms with Gasteiger partial charge in [0, 0.05) is 5.92 Å². The van der Waals surface area contributed by atoms with Crippen LogP contribution in [0.4, 0.5) is 0 Å². The lowest BCUT2D eigenvalue weighted by Gasteiger charge is -2.33. The molecule has 4 radical (unpaired) electrons. The Morgan fingerprint density at radius 3 is 2.05 bits per heavy atom. The highest BCUT2D eigenvalue weighted by Gasteiger charge is 2.50. The van der Waals surface area contributed by atoms with E-state index in [2.05, 4.69) is 6.92 Å². The van der Waals surface area contributed by atoms with E-state index >= 15 is 0 Å². The summed E-state index contributed by atoms with van der Waals surface area (Å²) in [6.45, 7) is 7.19. The Bertz CT molecular complexity index is 477. The molecule has 0 aliphatic carbocycles. The van der Waals surface area contributed by atoms with Crippen LogP contribution in [0.1, 0.15) is 25.3 Å². The van der Waals surface area contributed by atoms with Crippen molar-refractivity contribution < 1.29 is 19.1 Å². The van der Waals surface area contributed by atoms with Crippen LogP contribution < -0.4 is 0 Å². The minimum Gasteiger partial charge on any atom is -0.468 e. The molecule has 0 unspecified atom stereocenters. The summed E-state index contributed by atoms with van der Waals surface area (Å²) in [5, 5.41) is 0. The molecule has 118 valence electrons. The van der Waals surface area contributed by atoms with Crippen molar-refractivity contribution in [2.24, 2.45) is 5.41 Å². The molecule has 1 aromatic carbocycles. The van der Waals surface area contributed by atoms with Crippen molar-refractivity contribution in [3.63, 3.8) is 0 Å². The zero-order valence-corrected chi connectivity index (χ0v) is 13.5. The zero-order valence-electron chi connectivity index (χ0n) is 13.5. The molecule has 1 atom stereocenters. The van der Waals surface area contributed by atoms with Gasteiger partial charge in [0.25, 0.3) is 0 Å². The van der Waals surface area contributed by atoms with Crippen LogP contribution in [0.25, 0.3) is 0 Å². The Morgan fingerprint density at radius 1 is 1.14 bits per heavy atom. The summed E-state index contributed by atoms with van der Waals surface area (Å²) >= 11 is 0. The maximum absolute atomic E-state index is 12.3. The molecule has 1 rings (SSSR count). The largest absolute Gasteiger partial charge is 0.468 e. The van der Waals surface area contributed by atoms with Crippen molar-refractivity contribution in [2.45, 2.75) is 19.8 Å². The van der Waals surface area contributed by atoms with Crippen LogP contribution in [0, 0.1) is 31.1 Å². The number of carbonyl (C=O) groups is 2. The van der Waals surface area contributed by atoms with Gasteiger partial charge in [-0.25, -0.2) is 0 Å². The molecule has 1 aromatic rings. The quantitative estimate of drug-likeness (QED) is 0.574. The van der Waals surface area contributed by atoms with Crippen LogP contribution >= 0.6 is 0 Å². The molecular weight excluding hydrogens is 280 g/mol. The van der Waals surface area contributed by atoms with Gasteiger partial charge in [-0.15, -0.1) is 0 Å². The molecule has 0 saturated carbocycles. The van der Waals surface area contributed by atoms with Crippen molar-refractivity contribution in [2.75, 3.05) is 14.2 Å². The first-order valence-electron chi connectivity index (χ1n) is 6.93. The van der Waals surface area contributed by atoms with Crippen molar-refractivity contribution in [3.05, 3.63) is 61.6 Å². The summed E-state index contributed by atoms with van der Waals surface area (Å²) in [5.41, 5.74) is -0.658. The summed E-state index contributed by atoms with van der Waals surface area (Å²) in [5.74, 6) is -0.984. The lowest BCUT2D eigenvalue weighted by atomic mass is 9.70. The smallest absolute Gasteiger partial charge is 0.323 e. The number of methoxy groups -OCH3 is 2. The minimum atomic E-state index is -1.48. The lowest BCUT2D eigenvalue weighted by Crippen LogP contribution is -2.44. The average Bonchev–Trinajstić information content (AvgIpc) is 2.53. The Morgan fingerprint density at radius 2 is 1.64 bits per heavy atom. The molecule has 0 aliphatic rings. The maximum atomic E-state index is 12.3. The molecular formula is C18H22O4. The van der Waals surface area contributed by atoms with Gasteiger partial charge in [-0.1, -0.05) is 37.3 Å². The van der Waals surface area contributed by atoms with Crippen LogP contribution in [0.2, 0.25) is 0 Å². The second-order valence-electron chi connectivity index (χ2n) is 5.28. The van der Waals surface area contributed by atoms with Gasteiger partial charge in [-0.2, -0.15) is 0 Å². The molecule has 0 fully saturated rings. The summed E-state index contributed by atoms with van der Waals surface area (Å²) in [6, 6.07) is 9.30. The summed E-state index contributed by atoms with van der Waals surface area (Å²) < 4.78 is 9.70. The highest BCUT2D eigenvalue weighted by molar-refractivity contribution is 6.01. The molecule has 4 nitrogen and oxygen atoms in total. The lowest BCUT2D eigenvalue weighted by molar-refractivity contribution is -0.169. The standard InChI is InChI=1S/C18H22O4/c1-13(2)11-12-15(14-9-7-6-8-10-14)18(3,16(19)21-4)17(20)22-5/h6-12,15H,1H2,2-5H3/t15-/m0/s1. The maximum Gasteiger partial charge on any atom is 0.323 e. The number of rotatable bonds is 7. The van der Waals surface area contributed by atoms with Crippen LogP contribution in [0.5, 0.6) is 0 Å². The van der Waals surface area contributed by atoms with E-state index in [0.717, 1.165) is 11.5 Å². The van der Waals surface area contributed by atoms with E-state index in [9.17, 15) is 9.59 Å². The third-order valence-electron chi connectivity index (χ3n) is 3.57. The molecule has 0 saturated heterocycles. The van der Waals surface area contributed by atoms with Crippen LogP contribution in [-0.2, 0) is 19.1 Å². The molecule has 4 heteroatoms. The topological polar surface area (TPSA) is 52.6 Å². The molecule has 0 heterocycles. The predicted octanol–water partition coefficient (Wildman–Crippen LogP) is 2.96. The Kier molecular flexibility index (Phi) is 6.60. The van der Waals surface area contributed by atoms with E-state index in [1.165, 1.54) is 21.1 Å². The normalized spacial score (nSPS) is 12.8. The van der Waals surface area contributed by atoms with E-state index in [0.29, 0.717) is 0 Å². The van der Waals surface area contributed by atoms with Crippen molar-refractivity contribution in [3.8, 4) is 0 Å². The van der Waals surface area contributed by atoms with Gasteiger partial charge < -0.3 is 9.47 Å². The second kappa shape index (κ2) is 7.97. The first-order valence-corrected chi connectivity index (χ1v) is 6.93. The molecule has 0 bridgehead atoms. The fourth-order valence-corrected chi connectivity index (χ4v) is 2.32. The monoisotopic (exact) mass is 302 g/mol. The van der Waals surface area contributed by atoms with Crippen molar-refractivity contribution in [1.82, 2.24) is 0 Å². The number of ether oxygens (including phenoxy) is 2. The molecule has 0 aliphatic heterocycles. The van der Waals surface area contributed by atoms with Gasteiger partial charge in [0.15, 0.2) is 5.41 Å². The van der Waals surface area contributed by atoms with Crippen molar-refractivity contribution >= 4 is 11.9 Å². The summed E-state index contributed by atoms with van der Waals surface area (Å²) in [7, 11) is 2.52. The Hall–Kier alpha value is -1.84. The predicted molar refractivity (Wildman–Crippen MR) is 84.2 cm³/mol. The molecule has 0 amide bonds. The Balaban J connectivity index is 3.30. The van der Waals surface area contributed by atoms with Gasteiger partial charge in [-0.05, 0) is 38.2 Å². The van der Waals surface area contributed by atoms with Gasteiger partial charge in [0.1, 0.15) is 0 Å². The number of esters is 2. The fraction of sp³-hybridized carbons (Fsp3) is 0.333. The third-order valence-corrected chi connectivity index (χ3v) is 3.57. The van der Waals surface area contributed by atoms with E-state index < -0.39 is 23.3 Å². The van der Waals surface area contributed by atoms with E-state index in [1.807, 2.05) is 37.3 Å². The van der Waals surface area contributed by atoms with Gasteiger partial charge in [0.05, 0.1) is 14.2 Å². The van der Waals surface area contributed by atoms with E-state index in [4.69, 9.17) is 9.47 Å². The Labute approximate surface area is 132 Å². The van der Waals surface area contributed by atoms with Crippen molar-refractivity contribution in [1.29, 1.82) is 0 Å². The summed E-state index contributed by atoms with van der Waals surface area (Å²) in [4.78, 5) is 24.6. The number of benzene rings is 1. The van der Waals surface area contributed by atoms with E-state index in [-0.39, 0.29) is 0 Å². The number of hydrogen-bond donors (Lipinski definition) is 0. The molecule has 0 spiro atoms. The SMILES string of the molecule is [CH2][C](C)[CH][CH][C@@H](c1ccccc1)C(C)(C(=O)OC)C(=O)OC. The van der Waals surface area contributed by atoms with Gasteiger partial charge in [-0.3, -0.25) is 9.59 Å². The van der Waals surface area contributed by atoms with Crippen LogP contribution in [-0.4, -0.2) is 26.2 Å². The number of hydrogen-bond acceptors (Lipinski definition) is 4. The third kappa shape index (κ3) is 3.87. The fourth-order valence-electron chi connectivity index (χ4n) is 2.32. The highest BCUT2D eigenvalue weighted by atomic mass is 16.5. The zero-order chi connectivity index (χ0) is 16.8.